The third-order valence-electron chi connectivity index (χ3n) is 2.55. The maximum Gasteiger partial charge on any atom is 0.184 e. The van der Waals surface area contributed by atoms with Crippen LogP contribution in [0.3, 0.4) is 0 Å². The van der Waals surface area contributed by atoms with Crippen LogP contribution >= 0.6 is 23.8 Å². The van der Waals surface area contributed by atoms with Gasteiger partial charge in [-0.2, -0.15) is 5.10 Å². The summed E-state index contributed by atoms with van der Waals surface area (Å²) in [5.74, 6) is 0.588. The number of thiocarbonyl (C=S) groups is 1. The van der Waals surface area contributed by atoms with E-state index in [2.05, 4.69) is 33.4 Å². The highest BCUT2D eigenvalue weighted by atomic mass is 35.5. The largest absolute Gasteiger partial charge is 0.375 e. The molecule has 1 aromatic carbocycles. The lowest BCUT2D eigenvalue weighted by Gasteiger charge is -2.03. The van der Waals surface area contributed by atoms with Gasteiger partial charge in [-0.25, -0.2) is 0 Å². The van der Waals surface area contributed by atoms with Crippen LogP contribution in [-0.4, -0.2) is 21.8 Å². The Labute approximate surface area is 115 Å². The van der Waals surface area contributed by atoms with E-state index in [1.807, 2.05) is 24.4 Å². The molecule has 0 amide bonds. The molecule has 2 rings (SSSR count). The average molecular weight is 281 g/mol. The van der Waals surface area contributed by atoms with Crippen LogP contribution in [0.1, 0.15) is 5.56 Å². The summed E-state index contributed by atoms with van der Waals surface area (Å²) in [6.07, 6.45) is 3.72. The highest BCUT2D eigenvalue weighted by Gasteiger charge is 2.03. The Morgan fingerprint density at radius 1 is 1.50 bits per heavy atom. The third-order valence-corrected chi connectivity index (χ3v) is 2.81. The molecule has 1 heterocycles. The van der Waals surface area contributed by atoms with Gasteiger partial charge in [0.1, 0.15) is 0 Å². The molecule has 2 aromatic rings. The monoisotopic (exact) mass is 280 g/mol. The number of rotatable bonds is 4. The highest BCUT2D eigenvalue weighted by Crippen LogP contribution is 2.19. The minimum absolute atomic E-state index is 0.151. The first kappa shape index (κ1) is 12.9. The number of hydrazone groups is 1. The number of hydrogen-bond acceptors (Lipinski definition) is 2. The van der Waals surface area contributed by atoms with Gasteiger partial charge in [-0.1, -0.05) is 12.1 Å². The van der Waals surface area contributed by atoms with Gasteiger partial charge in [-0.15, -0.1) is 11.6 Å². The number of aryl methyl sites for hydroxylation is 1. The Morgan fingerprint density at radius 2 is 2.33 bits per heavy atom. The number of aromatic nitrogens is 1. The van der Waals surface area contributed by atoms with Gasteiger partial charge in [-0.05, 0) is 24.4 Å². The van der Waals surface area contributed by atoms with Crippen molar-refractivity contribution in [2.75, 3.05) is 5.88 Å². The Kier molecular flexibility index (Phi) is 4.17. The van der Waals surface area contributed by atoms with Crippen molar-refractivity contribution in [1.29, 1.82) is 0 Å². The van der Waals surface area contributed by atoms with Gasteiger partial charge in [0, 0.05) is 35.1 Å². The van der Waals surface area contributed by atoms with E-state index >= 15 is 0 Å². The Bertz CT molecular complexity index is 591. The van der Waals surface area contributed by atoms with Gasteiger partial charge in [0.05, 0.1) is 6.21 Å². The molecule has 1 aromatic heterocycles. The van der Waals surface area contributed by atoms with Gasteiger partial charge in [-0.3, -0.25) is 5.43 Å². The lowest BCUT2D eigenvalue weighted by molar-refractivity contribution is 0.804. The Morgan fingerprint density at radius 3 is 3.06 bits per heavy atom. The van der Waals surface area contributed by atoms with E-state index in [9.17, 15) is 0 Å². The Hall–Kier alpha value is -1.59. The molecule has 0 unspecified atom stereocenters. The fraction of sp³-hybridized carbons (Fsp3) is 0.167. The highest BCUT2D eigenvalue weighted by molar-refractivity contribution is 7.80. The van der Waals surface area contributed by atoms with E-state index in [0.29, 0.717) is 5.88 Å². The van der Waals surface area contributed by atoms with Crippen LogP contribution in [0.5, 0.6) is 0 Å². The van der Waals surface area contributed by atoms with E-state index in [1.165, 1.54) is 0 Å². The number of alkyl halides is 1. The summed E-state index contributed by atoms with van der Waals surface area (Å²) in [5.41, 5.74) is 9.98. The standard InChI is InChI=1S/C12H13ClN4S/c13-5-7-17-6-4-10-9(2-1-3-11(10)17)8-15-16-12(14)18/h1-4,6,8H,5,7H2,(H3,14,16,18)/b15-8+. The summed E-state index contributed by atoms with van der Waals surface area (Å²) >= 11 is 10.4. The van der Waals surface area contributed by atoms with E-state index in [1.54, 1.807) is 6.21 Å². The van der Waals surface area contributed by atoms with Crippen molar-refractivity contribution < 1.29 is 0 Å². The zero-order chi connectivity index (χ0) is 13.0. The first-order chi connectivity index (χ1) is 8.72. The molecule has 0 atom stereocenters. The van der Waals surface area contributed by atoms with Crippen molar-refractivity contribution in [2.24, 2.45) is 10.8 Å². The van der Waals surface area contributed by atoms with Crippen molar-refractivity contribution in [3.05, 3.63) is 36.0 Å². The number of benzene rings is 1. The molecular weight excluding hydrogens is 268 g/mol. The van der Waals surface area contributed by atoms with Crippen molar-refractivity contribution >= 4 is 46.0 Å². The molecule has 4 nitrogen and oxygen atoms in total. The van der Waals surface area contributed by atoms with Crippen LogP contribution in [0.2, 0.25) is 0 Å². The lowest BCUT2D eigenvalue weighted by atomic mass is 10.1. The molecule has 0 spiro atoms. The Balaban J connectivity index is 2.34. The predicted octanol–water partition coefficient (Wildman–Crippen LogP) is 2.05. The SMILES string of the molecule is NC(=S)N/N=C/c1cccc2c1ccn2CCCl. The normalized spacial score (nSPS) is 11.2. The van der Waals surface area contributed by atoms with E-state index in [-0.39, 0.29) is 5.11 Å². The summed E-state index contributed by atoms with van der Waals surface area (Å²) in [6.45, 7) is 0.788. The zero-order valence-electron chi connectivity index (χ0n) is 9.64. The summed E-state index contributed by atoms with van der Waals surface area (Å²) in [4.78, 5) is 0. The molecule has 0 aliphatic rings. The molecule has 3 N–H and O–H groups in total. The molecular formula is C12H13ClN4S. The predicted molar refractivity (Wildman–Crippen MR) is 80.2 cm³/mol. The van der Waals surface area contributed by atoms with Gasteiger partial charge >= 0.3 is 0 Å². The first-order valence-electron chi connectivity index (χ1n) is 5.44. The first-order valence-corrected chi connectivity index (χ1v) is 6.39. The maximum absolute atomic E-state index is 5.77. The van der Waals surface area contributed by atoms with E-state index in [4.69, 9.17) is 17.3 Å². The molecule has 18 heavy (non-hydrogen) atoms. The van der Waals surface area contributed by atoms with Crippen molar-refractivity contribution in [2.45, 2.75) is 6.54 Å². The second-order valence-electron chi connectivity index (χ2n) is 3.71. The number of nitrogens with zero attached hydrogens (tertiary/aromatic N) is 2. The topological polar surface area (TPSA) is 55.3 Å². The number of nitrogens with two attached hydrogens (primary N) is 1. The molecule has 0 radical (unpaired) electrons. The van der Waals surface area contributed by atoms with Crippen LogP contribution in [0.25, 0.3) is 10.9 Å². The van der Waals surface area contributed by atoms with E-state index < -0.39 is 0 Å². The minimum atomic E-state index is 0.151. The number of halogens is 1. The summed E-state index contributed by atoms with van der Waals surface area (Å²) in [7, 11) is 0. The number of hydrogen-bond donors (Lipinski definition) is 2. The van der Waals surface area contributed by atoms with Crippen LogP contribution in [-0.2, 0) is 6.54 Å². The second-order valence-corrected chi connectivity index (χ2v) is 4.53. The van der Waals surface area contributed by atoms with Crippen molar-refractivity contribution in [1.82, 2.24) is 9.99 Å². The van der Waals surface area contributed by atoms with E-state index in [0.717, 1.165) is 23.0 Å². The molecule has 94 valence electrons. The fourth-order valence-electron chi connectivity index (χ4n) is 1.81. The van der Waals surface area contributed by atoms with Gasteiger partial charge in [0.2, 0.25) is 0 Å². The third kappa shape index (κ3) is 2.80. The van der Waals surface area contributed by atoms with Crippen LogP contribution in [0.15, 0.2) is 35.6 Å². The molecule has 6 heteroatoms. The summed E-state index contributed by atoms with van der Waals surface area (Å²) in [6, 6.07) is 8.07. The van der Waals surface area contributed by atoms with Gasteiger partial charge < -0.3 is 10.3 Å². The quantitative estimate of drug-likeness (QED) is 0.390. The zero-order valence-corrected chi connectivity index (χ0v) is 11.2. The maximum atomic E-state index is 5.77. The van der Waals surface area contributed by atoms with Crippen LogP contribution in [0.4, 0.5) is 0 Å². The molecule has 0 aliphatic heterocycles. The molecule has 0 bridgehead atoms. The lowest BCUT2D eigenvalue weighted by Crippen LogP contribution is -2.23. The van der Waals surface area contributed by atoms with Crippen molar-refractivity contribution in [3.63, 3.8) is 0 Å². The van der Waals surface area contributed by atoms with Gasteiger partial charge in [0.25, 0.3) is 0 Å². The number of fused-ring (bicyclic) bond motifs is 1. The summed E-state index contributed by atoms with van der Waals surface area (Å²) in [5, 5.41) is 5.24. The average Bonchev–Trinajstić information content (AvgIpc) is 2.74. The van der Waals surface area contributed by atoms with Crippen LogP contribution < -0.4 is 11.2 Å². The number of nitrogens with one attached hydrogen (secondary N) is 1. The second kappa shape index (κ2) is 5.84. The fourth-order valence-corrected chi connectivity index (χ4v) is 2.05. The minimum Gasteiger partial charge on any atom is -0.375 e. The molecule has 0 saturated heterocycles. The van der Waals surface area contributed by atoms with Crippen LogP contribution in [0, 0.1) is 0 Å². The molecule has 0 aliphatic carbocycles. The molecule has 0 saturated carbocycles. The molecule has 0 fully saturated rings. The summed E-state index contributed by atoms with van der Waals surface area (Å²) < 4.78 is 2.11. The van der Waals surface area contributed by atoms with Gasteiger partial charge in [0.15, 0.2) is 5.11 Å². The smallest absolute Gasteiger partial charge is 0.184 e. The van der Waals surface area contributed by atoms with Crippen molar-refractivity contribution in [3.8, 4) is 0 Å².